The van der Waals surface area contributed by atoms with E-state index in [-0.39, 0.29) is 6.04 Å². The SMILES string of the molecule is CCN(CC)C(C#N)c1cnc(C)[nH]1. The summed E-state index contributed by atoms with van der Waals surface area (Å²) in [4.78, 5) is 9.29. The van der Waals surface area contributed by atoms with Crippen molar-refractivity contribution in [2.24, 2.45) is 0 Å². The summed E-state index contributed by atoms with van der Waals surface area (Å²) in [6.45, 7) is 7.73. The van der Waals surface area contributed by atoms with Gasteiger partial charge >= 0.3 is 0 Å². The molecule has 1 atom stereocenters. The zero-order valence-corrected chi connectivity index (χ0v) is 8.91. The normalized spacial score (nSPS) is 12.8. The van der Waals surface area contributed by atoms with Crippen molar-refractivity contribution in [3.63, 3.8) is 0 Å². The molecule has 0 aromatic carbocycles. The molecule has 1 N–H and O–H groups in total. The first-order valence-corrected chi connectivity index (χ1v) is 4.88. The Morgan fingerprint density at radius 3 is 2.57 bits per heavy atom. The first-order valence-electron chi connectivity index (χ1n) is 4.88. The minimum Gasteiger partial charge on any atom is -0.344 e. The van der Waals surface area contributed by atoms with Gasteiger partial charge in [-0.05, 0) is 20.0 Å². The fourth-order valence-electron chi connectivity index (χ4n) is 1.52. The van der Waals surface area contributed by atoms with Gasteiger partial charge in [-0.15, -0.1) is 0 Å². The van der Waals surface area contributed by atoms with Crippen molar-refractivity contribution in [1.82, 2.24) is 14.9 Å². The second-order valence-corrected chi connectivity index (χ2v) is 3.18. The maximum Gasteiger partial charge on any atom is 0.140 e. The molecule has 1 rings (SSSR count). The molecule has 1 unspecified atom stereocenters. The van der Waals surface area contributed by atoms with Crippen LogP contribution in [0.5, 0.6) is 0 Å². The molecule has 0 aliphatic rings. The molecule has 0 aliphatic carbocycles. The molecule has 4 nitrogen and oxygen atoms in total. The Morgan fingerprint density at radius 2 is 2.21 bits per heavy atom. The van der Waals surface area contributed by atoms with E-state index >= 15 is 0 Å². The van der Waals surface area contributed by atoms with Crippen molar-refractivity contribution in [3.8, 4) is 6.07 Å². The van der Waals surface area contributed by atoms with E-state index in [9.17, 15) is 0 Å². The van der Waals surface area contributed by atoms with Gasteiger partial charge in [0, 0.05) is 0 Å². The van der Waals surface area contributed by atoms with Gasteiger partial charge in [-0.25, -0.2) is 4.98 Å². The van der Waals surface area contributed by atoms with Crippen LogP contribution in [0, 0.1) is 18.3 Å². The first kappa shape index (κ1) is 10.7. The van der Waals surface area contributed by atoms with Crippen molar-refractivity contribution in [1.29, 1.82) is 5.26 Å². The number of aryl methyl sites for hydroxylation is 1. The molecule has 0 radical (unpaired) electrons. The van der Waals surface area contributed by atoms with Gasteiger partial charge in [0.15, 0.2) is 0 Å². The lowest BCUT2D eigenvalue weighted by molar-refractivity contribution is 0.259. The Morgan fingerprint density at radius 1 is 1.57 bits per heavy atom. The number of aromatic amines is 1. The molecule has 4 heteroatoms. The molecule has 0 spiro atoms. The molecule has 14 heavy (non-hydrogen) atoms. The van der Waals surface area contributed by atoms with Crippen LogP contribution in [0.25, 0.3) is 0 Å². The zero-order valence-electron chi connectivity index (χ0n) is 8.91. The minimum absolute atomic E-state index is 0.203. The molecule has 1 heterocycles. The smallest absolute Gasteiger partial charge is 0.140 e. The van der Waals surface area contributed by atoms with Crippen molar-refractivity contribution in [2.75, 3.05) is 13.1 Å². The summed E-state index contributed by atoms with van der Waals surface area (Å²) in [5, 5.41) is 9.08. The summed E-state index contributed by atoms with van der Waals surface area (Å²) in [6.07, 6.45) is 1.74. The van der Waals surface area contributed by atoms with Gasteiger partial charge in [-0.2, -0.15) is 5.26 Å². The molecule has 1 aromatic heterocycles. The Hall–Kier alpha value is -1.34. The van der Waals surface area contributed by atoms with Crippen LogP contribution in [-0.4, -0.2) is 28.0 Å². The molecule has 0 bridgehead atoms. The lowest BCUT2D eigenvalue weighted by atomic mass is 10.2. The third-order valence-electron chi connectivity index (χ3n) is 2.32. The minimum atomic E-state index is -0.203. The average Bonchev–Trinajstić information content (AvgIpc) is 2.60. The van der Waals surface area contributed by atoms with Gasteiger partial charge in [-0.1, -0.05) is 13.8 Å². The molecule has 1 aromatic rings. The van der Waals surface area contributed by atoms with E-state index in [1.165, 1.54) is 0 Å². The summed E-state index contributed by atoms with van der Waals surface area (Å²) in [5.74, 6) is 0.854. The monoisotopic (exact) mass is 192 g/mol. The number of imidazole rings is 1. The number of nitrogens with zero attached hydrogens (tertiary/aromatic N) is 3. The molecule has 0 saturated carbocycles. The zero-order chi connectivity index (χ0) is 10.6. The molecular weight excluding hydrogens is 176 g/mol. The van der Waals surface area contributed by atoms with Crippen molar-refractivity contribution < 1.29 is 0 Å². The van der Waals surface area contributed by atoms with E-state index < -0.39 is 0 Å². The highest BCUT2D eigenvalue weighted by Gasteiger charge is 2.18. The topological polar surface area (TPSA) is 55.7 Å². The van der Waals surface area contributed by atoms with E-state index in [0.717, 1.165) is 24.6 Å². The van der Waals surface area contributed by atoms with Crippen LogP contribution < -0.4 is 0 Å². The van der Waals surface area contributed by atoms with E-state index in [4.69, 9.17) is 5.26 Å². The van der Waals surface area contributed by atoms with Crippen LogP contribution >= 0.6 is 0 Å². The van der Waals surface area contributed by atoms with E-state index in [0.29, 0.717) is 0 Å². The Kier molecular flexibility index (Phi) is 3.66. The molecule has 0 saturated heterocycles. The highest BCUT2D eigenvalue weighted by molar-refractivity contribution is 5.14. The van der Waals surface area contributed by atoms with Crippen LogP contribution in [0.3, 0.4) is 0 Å². The van der Waals surface area contributed by atoms with Gasteiger partial charge in [0.1, 0.15) is 11.9 Å². The summed E-state index contributed by atoms with van der Waals surface area (Å²) >= 11 is 0. The average molecular weight is 192 g/mol. The van der Waals surface area contributed by atoms with Crippen LogP contribution in [0.4, 0.5) is 0 Å². The summed E-state index contributed by atoms with van der Waals surface area (Å²) in [6, 6.07) is 2.09. The number of hydrogen-bond donors (Lipinski definition) is 1. The highest BCUT2D eigenvalue weighted by Crippen LogP contribution is 2.17. The summed E-state index contributed by atoms with van der Waals surface area (Å²) in [7, 11) is 0. The maximum absolute atomic E-state index is 9.08. The van der Waals surface area contributed by atoms with Crippen molar-refractivity contribution in [3.05, 3.63) is 17.7 Å². The van der Waals surface area contributed by atoms with Gasteiger partial charge in [0.2, 0.25) is 0 Å². The second kappa shape index (κ2) is 4.77. The third-order valence-corrected chi connectivity index (χ3v) is 2.32. The third kappa shape index (κ3) is 2.12. The Labute approximate surface area is 84.6 Å². The van der Waals surface area contributed by atoms with Gasteiger partial charge < -0.3 is 4.98 Å². The highest BCUT2D eigenvalue weighted by atomic mass is 15.2. The lowest BCUT2D eigenvalue weighted by Gasteiger charge is -2.22. The van der Waals surface area contributed by atoms with Crippen LogP contribution in [-0.2, 0) is 0 Å². The summed E-state index contributed by atoms with van der Waals surface area (Å²) in [5.41, 5.74) is 0.883. The number of H-pyrrole nitrogens is 1. The number of nitriles is 1. The van der Waals surface area contributed by atoms with Crippen molar-refractivity contribution >= 4 is 0 Å². The number of rotatable bonds is 4. The first-order chi connectivity index (χ1) is 6.72. The fraction of sp³-hybridized carbons (Fsp3) is 0.600. The molecule has 0 aliphatic heterocycles. The maximum atomic E-state index is 9.08. The molecule has 0 amide bonds. The van der Waals surface area contributed by atoms with E-state index in [1.807, 2.05) is 6.92 Å². The fourth-order valence-corrected chi connectivity index (χ4v) is 1.52. The van der Waals surface area contributed by atoms with Crippen molar-refractivity contribution in [2.45, 2.75) is 26.8 Å². The van der Waals surface area contributed by atoms with Gasteiger partial charge in [0.25, 0.3) is 0 Å². The van der Waals surface area contributed by atoms with Gasteiger partial charge in [0.05, 0.1) is 18.0 Å². The summed E-state index contributed by atoms with van der Waals surface area (Å²) < 4.78 is 0. The van der Waals surface area contributed by atoms with Crippen LogP contribution in [0.1, 0.15) is 31.4 Å². The van der Waals surface area contributed by atoms with E-state index in [1.54, 1.807) is 6.20 Å². The van der Waals surface area contributed by atoms with Crippen LogP contribution in [0.15, 0.2) is 6.20 Å². The molecule has 76 valence electrons. The molecular formula is C10H16N4. The standard InChI is InChI=1S/C10H16N4/c1-4-14(5-2)10(6-11)9-7-12-8(3)13-9/h7,10H,4-5H2,1-3H3,(H,12,13). The number of hydrogen-bond acceptors (Lipinski definition) is 3. The Balaban J connectivity index is 2.87. The quantitative estimate of drug-likeness (QED) is 0.788. The Bertz CT molecular complexity index is 319. The van der Waals surface area contributed by atoms with Gasteiger partial charge in [-0.3, -0.25) is 4.90 Å². The number of aromatic nitrogens is 2. The predicted molar refractivity (Wildman–Crippen MR) is 54.6 cm³/mol. The largest absolute Gasteiger partial charge is 0.344 e. The van der Waals surface area contributed by atoms with E-state index in [2.05, 4.69) is 34.8 Å². The van der Waals surface area contributed by atoms with Crippen LogP contribution in [0.2, 0.25) is 0 Å². The lowest BCUT2D eigenvalue weighted by Crippen LogP contribution is -2.27. The second-order valence-electron chi connectivity index (χ2n) is 3.18. The predicted octanol–water partition coefficient (Wildman–Crippen LogP) is 1.62. The molecule has 0 fully saturated rings. The number of nitrogens with one attached hydrogen (secondary N) is 1.